The molecular formula is C21H24N2O6. The van der Waals surface area contributed by atoms with Crippen LogP contribution >= 0.6 is 0 Å². The molecule has 2 N–H and O–H groups in total. The largest absolute Gasteiger partial charge is 0.493 e. The molecule has 8 heteroatoms. The van der Waals surface area contributed by atoms with Crippen LogP contribution in [0.2, 0.25) is 0 Å². The highest BCUT2D eigenvalue weighted by Crippen LogP contribution is 2.29. The number of hydrogen-bond donors (Lipinski definition) is 2. The number of nitrogens with one attached hydrogen (secondary N) is 2. The van der Waals surface area contributed by atoms with E-state index in [-0.39, 0.29) is 0 Å². The van der Waals surface area contributed by atoms with Gasteiger partial charge in [-0.2, -0.15) is 0 Å². The number of benzene rings is 2. The van der Waals surface area contributed by atoms with Crippen molar-refractivity contribution in [1.29, 1.82) is 0 Å². The number of methoxy groups -OCH3 is 2. The van der Waals surface area contributed by atoms with Crippen LogP contribution in [-0.2, 0) is 14.3 Å². The molecule has 0 saturated carbocycles. The van der Waals surface area contributed by atoms with Crippen molar-refractivity contribution in [3.8, 4) is 11.5 Å². The van der Waals surface area contributed by atoms with Gasteiger partial charge in [0.15, 0.2) is 17.6 Å². The summed E-state index contributed by atoms with van der Waals surface area (Å²) in [6, 6.07) is 12.4. The number of amides is 2. The van der Waals surface area contributed by atoms with Crippen molar-refractivity contribution in [2.75, 3.05) is 19.5 Å². The summed E-state index contributed by atoms with van der Waals surface area (Å²) in [5.74, 6) is -0.672. The monoisotopic (exact) mass is 400 g/mol. The smallest absolute Gasteiger partial charge is 0.329 e. The minimum Gasteiger partial charge on any atom is -0.493 e. The molecule has 0 aromatic heterocycles. The normalized spacial score (nSPS) is 12.3. The second-order valence-corrected chi connectivity index (χ2v) is 6.20. The first kappa shape index (κ1) is 21.7. The van der Waals surface area contributed by atoms with Crippen molar-refractivity contribution in [2.24, 2.45) is 0 Å². The predicted molar refractivity (Wildman–Crippen MR) is 107 cm³/mol. The minimum atomic E-state index is -1.06. The van der Waals surface area contributed by atoms with Gasteiger partial charge in [0.2, 0.25) is 0 Å². The first-order valence-electron chi connectivity index (χ1n) is 8.95. The molecule has 2 aromatic carbocycles. The van der Waals surface area contributed by atoms with Crippen molar-refractivity contribution in [2.45, 2.75) is 26.0 Å². The van der Waals surface area contributed by atoms with Crippen LogP contribution in [0.3, 0.4) is 0 Å². The van der Waals surface area contributed by atoms with Gasteiger partial charge in [-0.05, 0) is 38.1 Å². The van der Waals surface area contributed by atoms with Crippen LogP contribution in [0, 0.1) is 0 Å². The van der Waals surface area contributed by atoms with Gasteiger partial charge in [0.1, 0.15) is 6.04 Å². The van der Waals surface area contributed by atoms with Crippen molar-refractivity contribution < 1.29 is 28.6 Å². The van der Waals surface area contributed by atoms with E-state index < -0.39 is 29.9 Å². The van der Waals surface area contributed by atoms with Gasteiger partial charge >= 0.3 is 5.97 Å². The van der Waals surface area contributed by atoms with Gasteiger partial charge in [0, 0.05) is 17.3 Å². The summed E-state index contributed by atoms with van der Waals surface area (Å²) in [6.07, 6.45) is -1.06. The summed E-state index contributed by atoms with van der Waals surface area (Å²) in [7, 11) is 2.99. The third kappa shape index (κ3) is 5.97. The lowest BCUT2D eigenvalue weighted by Gasteiger charge is -2.18. The number of esters is 1. The van der Waals surface area contributed by atoms with Crippen molar-refractivity contribution in [3.63, 3.8) is 0 Å². The van der Waals surface area contributed by atoms with Crippen molar-refractivity contribution >= 4 is 23.5 Å². The van der Waals surface area contributed by atoms with E-state index in [9.17, 15) is 14.4 Å². The summed E-state index contributed by atoms with van der Waals surface area (Å²) in [6.45, 7) is 2.93. The quantitative estimate of drug-likeness (QED) is 0.660. The molecule has 0 aliphatic carbocycles. The van der Waals surface area contributed by atoms with Gasteiger partial charge < -0.3 is 24.8 Å². The number of anilines is 1. The molecule has 0 saturated heterocycles. The third-order valence-electron chi connectivity index (χ3n) is 4.05. The lowest BCUT2D eigenvalue weighted by Crippen LogP contribution is -2.42. The Labute approximate surface area is 169 Å². The molecule has 0 spiro atoms. The van der Waals surface area contributed by atoms with E-state index in [1.807, 2.05) is 0 Å². The first-order chi connectivity index (χ1) is 13.8. The number of carbonyl (C=O) groups excluding carboxylic acids is 3. The van der Waals surface area contributed by atoms with E-state index in [2.05, 4.69) is 10.6 Å². The Hall–Kier alpha value is -3.55. The zero-order chi connectivity index (χ0) is 21.4. The molecule has 154 valence electrons. The van der Waals surface area contributed by atoms with Crippen LogP contribution in [0.1, 0.15) is 24.2 Å². The van der Waals surface area contributed by atoms with Gasteiger partial charge in [0.25, 0.3) is 11.8 Å². The summed E-state index contributed by atoms with van der Waals surface area (Å²) in [5, 5.41) is 5.18. The first-order valence-corrected chi connectivity index (χ1v) is 8.95. The second-order valence-electron chi connectivity index (χ2n) is 6.20. The standard InChI is InChI=1S/C21H24N2O6/c1-13(22-20(25)15-8-6-5-7-9-15)21(26)29-14(2)19(24)23-16-10-11-17(27-3)18(12-16)28-4/h5-14H,1-4H3,(H,22,25)(H,23,24)/t13-,14-/m0/s1. The molecule has 2 aromatic rings. The van der Waals surface area contributed by atoms with Gasteiger partial charge in [-0.1, -0.05) is 18.2 Å². The van der Waals surface area contributed by atoms with Crippen molar-refractivity contribution in [3.05, 3.63) is 54.1 Å². The molecule has 0 radical (unpaired) electrons. The third-order valence-corrected chi connectivity index (χ3v) is 4.05. The summed E-state index contributed by atoms with van der Waals surface area (Å²) in [5.41, 5.74) is 0.882. The van der Waals surface area contributed by atoms with Crippen LogP contribution in [0.4, 0.5) is 5.69 Å². The van der Waals surface area contributed by atoms with E-state index in [1.54, 1.807) is 48.5 Å². The number of ether oxygens (including phenoxy) is 3. The van der Waals surface area contributed by atoms with Crippen LogP contribution in [-0.4, -0.2) is 44.1 Å². The van der Waals surface area contributed by atoms with Crippen molar-refractivity contribution in [1.82, 2.24) is 5.32 Å². The topological polar surface area (TPSA) is 103 Å². The van der Waals surface area contributed by atoms with Crippen LogP contribution in [0.5, 0.6) is 11.5 Å². The highest BCUT2D eigenvalue weighted by atomic mass is 16.5. The molecule has 0 aliphatic rings. The molecule has 0 unspecified atom stereocenters. The minimum absolute atomic E-state index is 0.405. The van der Waals surface area contributed by atoms with Gasteiger partial charge in [-0.25, -0.2) is 4.79 Å². The maximum Gasteiger partial charge on any atom is 0.329 e. The van der Waals surface area contributed by atoms with Gasteiger partial charge in [0.05, 0.1) is 14.2 Å². The highest BCUT2D eigenvalue weighted by molar-refractivity contribution is 5.98. The fourth-order valence-electron chi connectivity index (χ4n) is 2.42. The van der Waals surface area contributed by atoms with Gasteiger partial charge in [-0.3, -0.25) is 9.59 Å². The number of carbonyl (C=O) groups is 3. The maximum absolute atomic E-state index is 12.3. The Bertz CT molecular complexity index is 869. The van der Waals surface area contributed by atoms with E-state index in [4.69, 9.17) is 14.2 Å². The molecule has 0 aliphatic heterocycles. The number of hydrogen-bond acceptors (Lipinski definition) is 6. The average molecular weight is 400 g/mol. The Balaban J connectivity index is 1.91. The van der Waals surface area contributed by atoms with E-state index in [1.165, 1.54) is 28.1 Å². The summed E-state index contributed by atoms with van der Waals surface area (Å²) in [4.78, 5) is 36.6. The molecule has 0 heterocycles. The molecule has 2 atom stereocenters. The fraction of sp³-hybridized carbons (Fsp3) is 0.286. The Kier molecular flexibility index (Phi) is 7.59. The fourth-order valence-corrected chi connectivity index (χ4v) is 2.42. The Morgan fingerprint density at radius 1 is 0.897 bits per heavy atom. The molecule has 29 heavy (non-hydrogen) atoms. The highest BCUT2D eigenvalue weighted by Gasteiger charge is 2.23. The molecular weight excluding hydrogens is 376 g/mol. The van der Waals surface area contributed by atoms with Crippen LogP contribution < -0.4 is 20.1 Å². The van der Waals surface area contributed by atoms with E-state index in [0.29, 0.717) is 22.7 Å². The second kappa shape index (κ2) is 10.1. The average Bonchev–Trinajstić information content (AvgIpc) is 2.73. The van der Waals surface area contributed by atoms with Crippen LogP contribution in [0.25, 0.3) is 0 Å². The zero-order valence-electron chi connectivity index (χ0n) is 16.7. The van der Waals surface area contributed by atoms with Gasteiger partial charge in [-0.15, -0.1) is 0 Å². The zero-order valence-corrected chi connectivity index (χ0v) is 16.7. The lowest BCUT2D eigenvalue weighted by molar-refractivity contribution is -0.154. The molecule has 2 rings (SSSR count). The van der Waals surface area contributed by atoms with Crippen LogP contribution in [0.15, 0.2) is 48.5 Å². The molecule has 0 fully saturated rings. The Morgan fingerprint density at radius 3 is 2.17 bits per heavy atom. The SMILES string of the molecule is COc1ccc(NC(=O)[C@H](C)OC(=O)[C@H](C)NC(=O)c2ccccc2)cc1OC. The maximum atomic E-state index is 12.3. The molecule has 0 bridgehead atoms. The van der Waals surface area contributed by atoms with E-state index >= 15 is 0 Å². The Morgan fingerprint density at radius 2 is 1.55 bits per heavy atom. The predicted octanol–water partition coefficient (Wildman–Crippen LogP) is 2.39. The summed E-state index contributed by atoms with van der Waals surface area (Å²) < 4.78 is 15.5. The molecule has 2 amide bonds. The van der Waals surface area contributed by atoms with E-state index in [0.717, 1.165) is 0 Å². The number of rotatable bonds is 8. The lowest BCUT2D eigenvalue weighted by atomic mass is 10.2. The summed E-state index contributed by atoms with van der Waals surface area (Å²) >= 11 is 0. The molecule has 8 nitrogen and oxygen atoms in total.